The lowest BCUT2D eigenvalue weighted by Gasteiger charge is -2.15. The summed E-state index contributed by atoms with van der Waals surface area (Å²) < 4.78 is 0. The molecular formula is C13H12ClN2O3-. The fourth-order valence-corrected chi connectivity index (χ4v) is 1.97. The van der Waals surface area contributed by atoms with Gasteiger partial charge in [0.15, 0.2) is 0 Å². The molecule has 2 N–H and O–H groups in total. The summed E-state index contributed by atoms with van der Waals surface area (Å²) in [6.45, 7) is 0.472. The number of pyridine rings is 1. The van der Waals surface area contributed by atoms with Crippen LogP contribution in [0.25, 0.3) is 10.9 Å². The predicted octanol–water partition coefficient (Wildman–Crippen LogP) is 1.05. The number of nitrogens with zero attached hydrogens (tertiary/aromatic N) is 1. The second-order valence-electron chi connectivity index (χ2n) is 4.00. The normalized spacial score (nSPS) is 10.6. The van der Waals surface area contributed by atoms with Crippen LogP contribution < -0.4 is 10.4 Å². The minimum Gasteiger partial charge on any atom is -0.545 e. The molecule has 1 aromatic heterocycles. The number of halogens is 1. The molecule has 1 heterocycles. The van der Waals surface area contributed by atoms with Crippen LogP contribution in [0.3, 0.4) is 0 Å². The van der Waals surface area contributed by atoms with Crippen molar-refractivity contribution in [2.75, 3.05) is 18.5 Å². The van der Waals surface area contributed by atoms with Crippen LogP contribution in [-0.4, -0.2) is 29.2 Å². The van der Waals surface area contributed by atoms with Crippen LogP contribution in [-0.2, 0) is 0 Å². The van der Waals surface area contributed by atoms with Gasteiger partial charge < -0.3 is 20.3 Å². The molecule has 0 spiro atoms. The van der Waals surface area contributed by atoms with E-state index in [-0.39, 0.29) is 12.2 Å². The van der Waals surface area contributed by atoms with Gasteiger partial charge in [-0.3, -0.25) is 4.98 Å². The van der Waals surface area contributed by atoms with Gasteiger partial charge in [-0.1, -0.05) is 11.6 Å². The molecule has 0 saturated carbocycles. The fraction of sp³-hybridized carbons (Fsp3) is 0.231. The number of aliphatic hydroxyl groups excluding tert-OH is 1. The largest absolute Gasteiger partial charge is 0.545 e. The number of aromatic nitrogens is 1. The number of hydrogen-bond acceptors (Lipinski definition) is 5. The number of hydrogen-bond donors (Lipinski definition) is 2. The smallest absolute Gasteiger partial charge is 0.0751 e. The maximum Gasteiger partial charge on any atom is 0.0751 e. The number of rotatable bonds is 5. The van der Waals surface area contributed by atoms with Gasteiger partial charge in [-0.05, 0) is 24.6 Å². The van der Waals surface area contributed by atoms with Gasteiger partial charge in [-0.2, -0.15) is 0 Å². The second-order valence-corrected chi connectivity index (χ2v) is 4.44. The van der Waals surface area contributed by atoms with E-state index in [1.807, 2.05) is 0 Å². The Labute approximate surface area is 114 Å². The molecule has 100 valence electrons. The third kappa shape index (κ3) is 2.94. The molecule has 2 aromatic rings. The molecule has 5 nitrogen and oxygen atoms in total. The van der Waals surface area contributed by atoms with Crippen molar-refractivity contribution in [2.45, 2.75) is 6.42 Å². The molecule has 0 fully saturated rings. The van der Waals surface area contributed by atoms with E-state index in [1.54, 1.807) is 18.2 Å². The zero-order valence-electron chi connectivity index (χ0n) is 10.0. The van der Waals surface area contributed by atoms with Crippen LogP contribution in [0.5, 0.6) is 0 Å². The highest BCUT2D eigenvalue weighted by atomic mass is 35.5. The van der Waals surface area contributed by atoms with Crippen molar-refractivity contribution in [1.82, 2.24) is 4.98 Å². The van der Waals surface area contributed by atoms with Crippen molar-refractivity contribution in [3.8, 4) is 0 Å². The predicted molar refractivity (Wildman–Crippen MR) is 71.3 cm³/mol. The van der Waals surface area contributed by atoms with Gasteiger partial charge in [0.2, 0.25) is 0 Å². The average Bonchev–Trinajstić information content (AvgIpc) is 2.38. The first-order valence-corrected chi connectivity index (χ1v) is 6.15. The molecule has 0 bridgehead atoms. The third-order valence-corrected chi connectivity index (χ3v) is 2.92. The lowest BCUT2D eigenvalue weighted by molar-refractivity contribution is -0.254. The number of carbonyl (C=O) groups excluding carboxylic acids is 1. The van der Waals surface area contributed by atoms with Gasteiger partial charge in [-0.15, -0.1) is 0 Å². The Morgan fingerprint density at radius 1 is 1.47 bits per heavy atom. The van der Waals surface area contributed by atoms with E-state index in [0.29, 0.717) is 34.6 Å². The number of nitrogens with one attached hydrogen (secondary N) is 1. The molecular weight excluding hydrogens is 268 g/mol. The van der Waals surface area contributed by atoms with Crippen LogP contribution in [0.4, 0.5) is 5.69 Å². The van der Waals surface area contributed by atoms with Crippen molar-refractivity contribution in [2.24, 2.45) is 0 Å². The molecule has 0 aliphatic heterocycles. The average molecular weight is 280 g/mol. The van der Waals surface area contributed by atoms with Gasteiger partial charge in [-0.25, -0.2) is 0 Å². The first-order chi connectivity index (χ1) is 9.13. The minimum absolute atomic E-state index is 0.0206. The van der Waals surface area contributed by atoms with Crippen LogP contribution >= 0.6 is 11.6 Å². The molecule has 1 aromatic carbocycles. The molecule has 0 aliphatic rings. The summed E-state index contributed by atoms with van der Waals surface area (Å²) in [6, 6.07) is 5.05. The number of anilines is 1. The van der Waals surface area contributed by atoms with E-state index >= 15 is 0 Å². The SMILES string of the molecule is O=C([O-])c1cnc2ccc(Cl)cc2c1NCCCO. The van der Waals surface area contributed by atoms with Crippen LogP contribution in [0.2, 0.25) is 5.02 Å². The quantitative estimate of drug-likeness (QED) is 0.799. The highest BCUT2D eigenvalue weighted by Gasteiger charge is 2.10. The highest BCUT2D eigenvalue weighted by Crippen LogP contribution is 2.28. The Kier molecular flexibility index (Phi) is 4.19. The van der Waals surface area contributed by atoms with Gasteiger partial charge >= 0.3 is 0 Å². The monoisotopic (exact) mass is 279 g/mol. The van der Waals surface area contributed by atoms with Gasteiger partial charge in [0, 0.05) is 35.3 Å². The molecule has 0 saturated heterocycles. The molecule has 0 radical (unpaired) electrons. The van der Waals surface area contributed by atoms with E-state index in [1.165, 1.54) is 6.20 Å². The lowest BCUT2D eigenvalue weighted by Crippen LogP contribution is -2.24. The first-order valence-electron chi connectivity index (χ1n) is 5.78. The first kappa shape index (κ1) is 13.6. The van der Waals surface area contributed by atoms with Crippen molar-refractivity contribution in [3.05, 3.63) is 35.0 Å². The molecule has 0 unspecified atom stereocenters. The second kappa shape index (κ2) is 5.86. The van der Waals surface area contributed by atoms with Crippen molar-refractivity contribution in [1.29, 1.82) is 0 Å². The fourth-order valence-electron chi connectivity index (χ4n) is 1.80. The number of carboxylic acids is 1. The van der Waals surface area contributed by atoms with Gasteiger partial charge in [0.05, 0.1) is 17.2 Å². The van der Waals surface area contributed by atoms with Gasteiger partial charge in [0.25, 0.3) is 0 Å². The number of aliphatic hydroxyl groups is 1. The third-order valence-electron chi connectivity index (χ3n) is 2.69. The Hall–Kier alpha value is -1.85. The van der Waals surface area contributed by atoms with Crippen LogP contribution in [0, 0.1) is 0 Å². The van der Waals surface area contributed by atoms with E-state index < -0.39 is 5.97 Å². The Morgan fingerprint density at radius 2 is 2.26 bits per heavy atom. The number of fused-ring (bicyclic) bond motifs is 1. The highest BCUT2D eigenvalue weighted by molar-refractivity contribution is 6.31. The molecule has 0 amide bonds. The van der Waals surface area contributed by atoms with Crippen LogP contribution in [0.15, 0.2) is 24.4 Å². The minimum atomic E-state index is -1.30. The standard InChI is InChI=1S/C13H13ClN2O3/c14-8-2-3-11-9(6-8)12(15-4-1-5-17)10(7-16-11)13(18)19/h2-3,6-7,17H,1,4-5H2,(H,15,16)(H,18,19)/p-1. The summed E-state index contributed by atoms with van der Waals surface area (Å²) >= 11 is 5.93. The zero-order valence-corrected chi connectivity index (χ0v) is 10.8. The van der Waals surface area contributed by atoms with Gasteiger partial charge in [0.1, 0.15) is 0 Å². The molecule has 19 heavy (non-hydrogen) atoms. The molecule has 6 heteroatoms. The van der Waals surface area contributed by atoms with Crippen molar-refractivity contribution >= 4 is 34.2 Å². The van der Waals surface area contributed by atoms with Crippen molar-refractivity contribution in [3.63, 3.8) is 0 Å². The van der Waals surface area contributed by atoms with E-state index in [0.717, 1.165) is 0 Å². The summed E-state index contributed by atoms with van der Waals surface area (Å²) in [5, 5.41) is 24.0. The Bertz CT molecular complexity index is 616. The lowest BCUT2D eigenvalue weighted by atomic mass is 10.1. The topological polar surface area (TPSA) is 85.3 Å². The van der Waals surface area contributed by atoms with Crippen molar-refractivity contribution < 1.29 is 15.0 Å². The Balaban J connectivity index is 2.54. The summed E-state index contributed by atoms with van der Waals surface area (Å²) in [5.41, 5.74) is 1.04. The summed E-state index contributed by atoms with van der Waals surface area (Å²) in [5.74, 6) is -1.30. The van der Waals surface area contributed by atoms with E-state index in [4.69, 9.17) is 16.7 Å². The molecule has 0 aliphatic carbocycles. The summed E-state index contributed by atoms with van der Waals surface area (Å²) in [4.78, 5) is 15.2. The number of benzene rings is 1. The summed E-state index contributed by atoms with van der Waals surface area (Å²) in [7, 11) is 0. The number of aromatic carboxylic acids is 1. The molecule has 0 atom stereocenters. The number of carboxylic acid groups (broad SMARTS) is 1. The van der Waals surface area contributed by atoms with Crippen LogP contribution in [0.1, 0.15) is 16.8 Å². The summed E-state index contributed by atoms with van der Waals surface area (Å²) in [6.07, 6.45) is 1.77. The maximum atomic E-state index is 11.1. The molecule has 2 rings (SSSR count). The maximum absolute atomic E-state index is 11.1. The zero-order chi connectivity index (χ0) is 13.8. The van der Waals surface area contributed by atoms with E-state index in [9.17, 15) is 9.90 Å². The Morgan fingerprint density at radius 3 is 2.95 bits per heavy atom. The number of carbonyl (C=O) groups is 1. The van der Waals surface area contributed by atoms with E-state index in [2.05, 4.69) is 10.3 Å².